The Morgan fingerprint density at radius 1 is 1.22 bits per heavy atom. The van der Waals surface area contributed by atoms with Crippen LogP contribution in [0.3, 0.4) is 0 Å². The van der Waals surface area contributed by atoms with Gasteiger partial charge in [0.2, 0.25) is 5.91 Å². The highest BCUT2D eigenvalue weighted by Crippen LogP contribution is 2.33. The van der Waals surface area contributed by atoms with E-state index in [1.807, 2.05) is 24.3 Å². The first-order chi connectivity index (χ1) is 12.9. The zero-order valence-corrected chi connectivity index (χ0v) is 15.7. The zero-order valence-electron chi connectivity index (χ0n) is 15.7. The van der Waals surface area contributed by atoms with Crippen LogP contribution in [0.4, 0.5) is 4.79 Å². The van der Waals surface area contributed by atoms with Gasteiger partial charge in [0.1, 0.15) is 5.54 Å². The second-order valence-corrected chi connectivity index (χ2v) is 7.47. The number of nitrogens with zero attached hydrogens (tertiary/aromatic N) is 1. The van der Waals surface area contributed by atoms with Crippen molar-refractivity contribution in [2.24, 2.45) is 0 Å². The molecule has 1 unspecified atom stereocenters. The van der Waals surface area contributed by atoms with Gasteiger partial charge in [-0.15, -0.1) is 0 Å². The largest absolute Gasteiger partial charge is 0.389 e. The van der Waals surface area contributed by atoms with Gasteiger partial charge in [0, 0.05) is 19.5 Å². The van der Waals surface area contributed by atoms with Crippen LogP contribution in [0.25, 0.3) is 0 Å². The number of aliphatic hydroxyl groups excluding tert-OH is 1. The Labute approximate surface area is 159 Å². The first kappa shape index (κ1) is 19.4. The smallest absolute Gasteiger partial charge is 0.325 e. The van der Waals surface area contributed by atoms with Gasteiger partial charge in [-0.1, -0.05) is 43.5 Å². The van der Waals surface area contributed by atoms with Gasteiger partial charge in [0.15, 0.2) is 0 Å². The Morgan fingerprint density at radius 2 is 1.89 bits per heavy atom. The fraction of sp³-hybridized carbons (Fsp3) is 0.550. The molecular formula is C20H27N3O4. The lowest BCUT2D eigenvalue weighted by atomic mass is 9.82. The fourth-order valence-electron chi connectivity index (χ4n) is 3.79. The highest BCUT2D eigenvalue weighted by Gasteiger charge is 2.50. The molecule has 7 nitrogen and oxygen atoms in total. The van der Waals surface area contributed by atoms with Gasteiger partial charge in [-0.05, 0) is 30.9 Å². The third-order valence-electron chi connectivity index (χ3n) is 5.47. The van der Waals surface area contributed by atoms with Crippen molar-refractivity contribution in [3.63, 3.8) is 0 Å². The van der Waals surface area contributed by atoms with Crippen molar-refractivity contribution in [3.8, 4) is 0 Å². The van der Waals surface area contributed by atoms with E-state index in [0.717, 1.165) is 30.4 Å². The Hall–Kier alpha value is -2.41. The van der Waals surface area contributed by atoms with Crippen LogP contribution in [0, 0.1) is 0 Å². The van der Waals surface area contributed by atoms with E-state index >= 15 is 0 Å². The minimum absolute atomic E-state index is 0.0843. The van der Waals surface area contributed by atoms with Crippen LogP contribution in [0.1, 0.15) is 62.7 Å². The molecule has 3 rings (SSSR count). The summed E-state index contributed by atoms with van der Waals surface area (Å²) in [5.41, 5.74) is 1.00. The zero-order chi connectivity index (χ0) is 19.4. The lowest BCUT2D eigenvalue weighted by molar-refractivity contribution is -0.132. The van der Waals surface area contributed by atoms with E-state index in [-0.39, 0.29) is 30.8 Å². The molecule has 1 heterocycles. The normalized spacial score (nSPS) is 19.9. The molecule has 4 amide bonds. The molecule has 0 radical (unpaired) electrons. The van der Waals surface area contributed by atoms with Crippen molar-refractivity contribution in [2.75, 3.05) is 6.54 Å². The Balaban J connectivity index is 1.47. The monoisotopic (exact) mass is 373 g/mol. The van der Waals surface area contributed by atoms with E-state index in [0.29, 0.717) is 19.4 Å². The van der Waals surface area contributed by atoms with Gasteiger partial charge >= 0.3 is 6.03 Å². The molecule has 0 bridgehead atoms. The number of rotatable bonds is 6. The third kappa shape index (κ3) is 4.30. The van der Waals surface area contributed by atoms with E-state index < -0.39 is 11.6 Å². The molecule has 0 aromatic heterocycles. The second-order valence-electron chi connectivity index (χ2n) is 7.47. The third-order valence-corrected chi connectivity index (χ3v) is 5.47. The van der Waals surface area contributed by atoms with Crippen molar-refractivity contribution >= 4 is 17.8 Å². The molecule has 1 spiro atoms. The van der Waals surface area contributed by atoms with E-state index in [1.165, 1.54) is 4.90 Å². The quantitative estimate of drug-likeness (QED) is 0.664. The minimum atomic E-state index is -0.739. The highest BCUT2D eigenvalue weighted by molar-refractivity contribution is 6.07. The van der Waals surface area contributed by atoms with Crippen molar-refractivity contribution in [1.29, 1.82) is 0 Å². The maximum absolute atomic E-state index is 12.7. The Bertz CT molecular complexity index is 708. The van der Waals surface area contributed by atoms with Crippen molar-refractivity contribution < 1.29 is 19.5 Å². The predicted molar refractivity (Wildman–Crippen MR) is 99.6 cm³/mol. The van der Waals surface area contributed by atoms with Gasteiger partial charge in [-0.2, -0.15) is 0 Å². The molecule has 3 N–H and O–H groups in total. The van der Waals surface area contributed by atoms with Crippen molar-refractivity contribution in [2.45, 2.75) is 63.6 Å². The molecule has 1 saturated carbocycles. The van der Waals surface area contributed by atoms with Crippen LogP contribution in [-0.4, -0.2) is 39.9 Å². The summed E-state index contributed by atoms with van der Waals surface area (Å²) < 4.78 is 0. The molecular weight excluding hydrogens is 346 g/mol. The van der Waals surface area contributed by atoms with Gasteiger partial charge in [0.05, 0.1) is 6.10 Å². The molecule has 27 heavy (non-hydrogen) atoms. The topological polar surface area (TPSA) is 98.7 Å². The standard InChI is InChI=1S/C20H27N3O4/c1-14(24)16-7-5-15(6-8-16)13-21-17(25)9-12-23-18(26)20(22-19(23)27)10-3-2-4-11-20/h5-8,14,24H,2-4,9-13H2,1H3,(H,21,25)(H,22,27). The maximum atomic E-state index is 12.7. The molecule has 146 valence electrons. The average Bonchev–Trinajstić information content (AvgIpc) is 2.88. The van der Waals surface area contributed by atoms with E-state index in [4.69, 9.17) is 0 Å². The summed E-state index contributed by atoms with van der Waals surface area (Å²) >= 11 is 0. The van der Waals surface area contributed by atoms with Crippen LogP contribution >= 0.6 is 0 Å². The Kier molecular flexibility index (Phi) is 5.79. The predicted octanol–water partition coefficient (Wildman–Crippen LogP) is 2.00. The molecule has 2 fully saturated rings. The molecule has 1 saturated heterocycles. The summed E-state index contributed by atoms with van der Waals surface area (Å²) in [6.45, 7) is 2.16. The number of nitrogens with one attached hydrogen (secondary N) is 2. The van der Waals surface area contributed by atoms with Crippen LogP contribution in [0.15, 0.2) is 24.3 Å². The summed E-state index contributed by atoms with van der Waals surface area (Å²) in [4.78, 5) is 38.1. The van der Waals surface area contributed by atoms with Crippen molar-refractivity contribution in [3.05, 3.63) is 35.4 Å². The second kappa shape index (κ2) is 8.08. The molecule has 1 aromatic carbocycles. The number of aliphatic hydroxyl groups is 1. The van der Waals surface area contributed by atoms with Crippen LogP contribution < -0.4 is 10.6 Å². The van der Waals surface area contributed by atoms with Crippen molar-refractivity contribution in [1.82, 2.24) is 15.5 Å². The van der Waals surface area contributed by atoms with E-state index in [9.17, 15) is 19.5 Å². The maximum Gasteiger partial charge on any atom is 0.325 e. The van der Waals surface area contributed by atoms with Gasteiger partial charge < -0.3 is 15.7 Å². The van der Waals surface area contributed by atoms with E-state index in [2.05, 4.69) is 10.6 Å². The summed E-state index contributed by atoms with van der Waals surface area (Å²) in [6, 6.07) is 6.97. The average molecular weight is 373 g/mol. The highest BCUT2D eigenvalue weighted by atomic mass is 16.3. The summed E-state index contributed by atoms with van der Waals surface area (Å²) in [5.74, 6) is -0.395. The lowest BCUT2D eigenvalue weighted by Crippen LogP contribution is -2.48. The minimum Gasteiger partial charge on any atom is -0.389 e. The number of imide groups is 1. The number of amides is 4. The first-order valence-electron chi connectivity index (χ1n) is 9.59. The Morgan fingerprint density at radius 3 is 2.52 bits per heavy atom. The number of hydrogen-bond acceptors (Lipinski definition) is 4. The van der Waals surface area contributed by atoms with E-state index in [1.54, 1.807) is 6.92 Å². The molecule has 1 aliphatic carbocycles. The molecule has 1 atom stereocenters. The fourth-order valence-corrected chi connectivity index (χ4v) is 3.79. The van der Waals surface area contributed by atoms with Crippen LogP contribution in [-0.2, 0) is 16.1 Å². The number of carbonyl (C=O) groups excluding carboxylic acids is 3. The van der Waals surface area contributed by atoms with Gasteiger partial charge in [0.25, 0.3) is 5.91 Å². The lowest BCUT2D eigenvalue weighted by Gasteiger charge is -2.30. The number of hydrogen-bond donors (Lipinski definition) is 3. The van der Waals surface area contributed by atoms with Crippen LogP contribution in [0.5, 0.6) is 0 Å². The van der Waals surface area contributed by atoms with Gasteiger partial charge in [-0.3, -0.25) is 14.5 Å². The number of urea groups is 1. The summed E-state index contributed by atoms with van der Waals surface area (Å²) in [5, 5.41) is 15.2. The SMILES string of the molecule is CC(O)c1ccc(CNC(=O)CCN2C(=O)NC3(CCCCC3)C2=O)cc1. The number of benzene rings is 1. The number of carbonyl (C=O) groups is 3. The molecule has 1 aliphatic heterocycles. The summed E-state index contributed by atoms with van der Waals surface area (Å²) in [7, 11) is 0. The summed E-state index contributed by atoms with van der Waals surface area (Å²) in [6.07, 6.45) is 3.89. The molecule has 1 aromatic rings. The van der Waals surface area contributed by atoms with Gasteiger partial charge in [-0.25, -0.2) is 4.79 Å². The molecule has 7 heteroatoms. The van der Waals surface area contributed by atoms with Crippen LogP contribution in [0.2, 0.25) is 0 Å². The molecule has 2 aliphatic rings. The first-order valence-corrected chi connectivity index (χ1v) is 9.59.